The number of benzene rings is 1. The zero-order chi connectivity index (χ0) is 15.8. The number of hydrogen-bond donors (Lipinski definition) is 1. The number of aryl methyl sites for hydroxylation is 1. The Labute approximate surface area is 135 Å². The van der Waals surface area contributed by atoms with Crippen molar-refractivity contribution in [1.82, 2.24) is 14.5 Å². The third kappa shape index (κ3) is 2.44. The van der Waals surface area contributed by atoms with Crippen LogP contribution in [0.1, 0.15) is 34.8 Å². The Balaban J connectivity index is 1.49. The number of nitrogens with zero attached hydrogens (tertiary/aromatic N) is 2. The van der Waals surface area contributed by atoms with Crippen LogP contribution in [0.5, 0.6) is 0 Å². The first-order valence-corrected chi connectivity index (χ1v) is 8.20. The van der Waals surface area contributed by atoms with E-state index in [0.29, 0.717) is 5.92 Å². The molecule has 4 nitrogen and oxygen atoms in total. The second kappa shape index (κ2) is 5.61. The number of fused-ring (bicyclic) bond motifs is 1. The Morgan fingerprint density at radius 1 is 1.13 bits per heavy atom. The highest BCUT2D eigenvalue weighted by atomic mass is 16.2. The molecule has 2 aromatic heterocycles. The molecule has 0 unspecified atom stereocenters. The van der Waals surface area contributed by atoms with E-state index in [9.17, 15) is 4.79 Å². The van der Waals surface area contributed by atoms with E-state index in [2.05, 4.69) is 35.4 Å². The van der Waals surface area contributed by atoms with E-state index in [0.717, 1.165) is 31.6 Å². The van der Waals surface area contributed by atoms with Gasteiger partial charge in [-0.3, -0.25) is 4.79 Å². The van der Waals surface area contributed by atoms with Gasteiger partial charge in [0, 0.05) is 43.4 Å². The summed E-state index contributed by atoms with van der Waals surface area (Å²) >= 11 is 0. The second-order valence-corrected chi connectivity index (χ2v) is 6.36. The first kappa shape index (κ1) is 14.1. The SMILES string of the molecule is Cn1cccc1C(=O)N1CCC(c2c[nH]c3ccccc23)CC1. The fourth-order valence-corrected chi connectivity index (χ4v) is 3.67. The molecule has 3 heterocycles. The second-order valence-electron chi connectivity index (χ2n) is 6.36. The molecule has 1 amide bonds. The average Bonchev–Trinajstić information content (AvgIpc) is 3.20. The van der Waals surface area contributed by atoms with Crippen LogP contribution in [0.25, 0.3) is 10.9 Å². The molecule has 1 aliphatic rings. The molecule has 1 fully saturated rings. The van der Waals surface area contributed by atoms with Crippen molar-refractivity contribution in [2.24, 2.45) is 7.05 Å². The predicted octanol–water partition coefficient (Wildman–Crippen LogP) is 3.53. The van der Waals surface area contributed by atoms with Crippen LogP contribution in [0.4, 0.5) is 0 Å². The van der Waals surface area contributed by atoms with E-state index >= 15 is 0 Å². The number of aromatic amines is 1. The van der Waals surface area contributed by atoms with Crippen molar-refractivity contribution in [3.05, 3.63) is 60.0 Å². The Bertz CT molecular complexity index is 837. The summed E-state index contributed by atoms with van der Waals surface area (Å²) in [5.74, 6) is 0.679. The van der Waals surface area contributed by atoms with Gasteiger partial charge in [0.15, 0.2) is 0 Å². The van der Waals surface area contributed by atoms with Crippen LogP contribution in [-0.2, 0) is 7.05 Å². The summed E-state index contributed by atoms with van der Waals surface area (Å²) < 4.78 is 1.90. The number of nitrogens with one attached hydrogen (secondary N) is 1. The van der Waals surface area contributed by atoms with Gasteiger partial charge in [-0.25, -0.2) is 0 Å². The minimum atomic E-state index is 0.148. The molecule has 0 radical (unpaired) electrons. The summed E-state index contributed by atoms with van der Waals surface area (Å²) in [6.45, 7) is 1.66. The number of carbonyl (C=O) groups is 1. The van der Waals surface area contributed by atoms with Gasteiger partial charge in [-0.2, -0.15) is 0 Å². The molecule has 118 valence electrons. The Hall–Kier alpha value is -2.49. The van der Waals surface area contributed by atoms with Crippen molar-refractivity contribution in [3.63, 3.8) is 0 Å². The fraction of sp³-hybridized carbons (Fsp3) is 0.316. The Kier molecular flexibility index (Phi) is 3.45. The monoisotopic (exact) mass is 307 g/mol. The number of H-pyrrole nitrogens is 1. The van der Waals surface area contributed by atoms with Gasteiger partial charge in [-0.1, -0.05) is 18.2 Å². The van der Waals surface area contributed by atoms with Gasteiger partial charge in [-0.15, -0.1) is 0 Å². The predicted molar refractivity (Wildman–Crippen MR) is 91.6 cm³/mol. The van der Waals surface area contributed by atoms with E-state index in [1.165, 1.54) is 16.5 Å². The molecule has 4 heteroatoms. The van der Waals surface area contributed by atoms with Gasteiger partial charge >= 0.3 is 0 Å². The van der Waals surface area contributed by atoms with Crippen molar-refractivity contribution < 1.29 is 4.79 Å². The van der Waals surface area contributed by atoms with Crippen molar-refractivity contribution >= 4 is 16.8 Å². The highest BCUT2D eigenvalue weighted by Gasteiger charge is 2.26. The lowest BCUT2D eigenvalue weighted by Crippen LogP contribution is -2.38. The quantitative estimate of drug-likeness (QED) is 0.773. The lowest BCUT2D eigenvalue weighted by Gasteiger charge is -2.32. The normalized spacial score (nSPS) is 16.1. The summed E-state index contributed by atoms with van der Waals surface area (Å²) in [4.78, 5) is 17.9. The number of para-hydroxylation sites is 1. The lowest BCUT2D eigenvalue weighted by molar-refractivity contribution is 0.0703. The summed E-state index contributed by atoms with van der Waals surface area (Å²) in [5.41, 5.74) is 3.37. The molecule has 0 spiro atoms. The Morgan fingerprint density at radius 2 is 1.91 bits per heavy atom. The first-order valence-electron chi connectivity index (χ1n) is 8.20. The molecular weight excluding hydrogens is 286 g/mol. The van der Waals surface area contributed by atoms with E-state index < -0.39 is 0 Å². The standard InChI is InChI=1S/C19H21N3O/c1-21-10-4-7-18(21)19(23)22-11-8-14(9-12-22)16-13-20-17-6-3-2-5-15(16)17/h2-7,10,13-14,20H,8-9,11-12H2,1H3. The summed E-state index contributed by atoms with van der Waals surface area (Å²) in [6.07, 6.45) is 6.12. The van der Waals surface area contributed by atoms with Crippen LogP contribution in [0, 0.1) is 0 Å². The zero-order valence-electron chi connectivity index (χ0n) is 13.3. The molecule has 1 N–H and O–H groups in total. The topological polar surface area (TPSA) is 41.0 Å². The largest absolute Gasteiger partial charge is 0.361 e. The number of aromatic nitrogens is 2. The van der Waals surface area contributed by atoms with Gasteiger partial charge in [-0.05, 0) is 42.5 Å². The molecule has 0 bridgehead atoms. The molecule has 1 aliphatic heterocycles. The average molecular weight is 307 g/mol. The summed E-state index contributed by atoms with van der Waals surface area (Å²) in [7, 11) is 1.92. The molecule has 0 saturated carbocycles. The van der Waals surface area contributed by atoms with Crippen LogP contribution in [0.3, 0.4) is 0 Å². The smallest absolute Gasteiger partial charge is 0.270 e. The van der Waals surface area contributed by atoms with E-state index in [4.69, 9.17) is 0 Å². The molecule has 0 aliphatic carbocycles. The number of hydrogen-bond acceptors (Lipinski definition) is 1. The maximum absolute atomic E-state index is 12.6. The lowest BCUT2D eigenvalue weighted by atomic mass is 9.89. The van der Waals surface area contributed by atoms with E-state index in [-0.39, 0.29) is 5.91 Å². The summed E-state index contributed by atoms with van der Waals surface area (Å²) in [5, 5.41) is 1.32. The van der Waals surface area contributed by atoms with Gasteiger partial charge in [0.25, 0.3) is 5.91 Å². The summed E-state index contributed by atoms with van der Waals surface area (Å²) in [6, 6.07) is 12.3. The molecule has 23 heavy (non-hydrogen) atoms. The minimum Gasteiger partial charge on any atom is -0.361 e. The van der Waals surface area contributed by atoms with Crippen LogP contribution in [0.15, 0.2) is 48.8 Å². The van der Waals surface area contributed by atoms with Gasteiger partial charge in [0.2, 0.25) is 0 Å². The van der Waals surface area contributed by atoms with Crippen molar-refractivity contribution in [2.75, 3.05) is 13.1 Å². The first-order chi connectivity index (χ1) is 11.2. The van der Waals surface area contributed by atoms with Crippen molar-refractivity contribution in [1.29, 1.82) is 0 Å². The molecule has 4 rings (SSSR count). The highest BCUT2D eigenvalue weighted by Crippen LogP contribution is 2.33. The molecular formula is C19H21N3O. The zero-order valence-corrected chi connectivity index (χ0v) is 13.3. The van der Waals surface area contributed by atoms with Crippen LogP contribution >= 0.6 is 0 Å². The van der Waals surface area contributed by atoms with Crippen molar-refractivity contribution in [2.45, 2.75) is 18.8 Å². The van der Waals surface area contributed by atoms with Gasteiger partial charge in [0.05, 0.1) is 0 Å². The number of likely N-dealkylation sites (tertiary alicyclic amines) is 1. The van der Waals surface area contributed by atoms with E-state index in [1.54, 1.807) is 0 Å². The maximum Gasteiger partial charge on any atom is 0.270 e. The molecule has 3 aromatic rings. The third-order valence-corrected chi connectivity index (χ3v) is 5.01. The number of piperidine rings is 1. The van der Waals surface area contributed by atoms with Gasteiger partial charge < -0.3 is 14.5 Å². The minimum absolute atomic E-state index is 0.148. The van der Waals surface area contributed by atoms with Crippen LogP contribution in [-0.4, -0.2) is 33.4 Å². The fourth-order valence-electron chi connectivity index (χ4n) is 3.67. The highest BCUT2D eigenvalue weighted by molar-refractivity contribution is 5.93. The van der Waals surface area contributed by atoms with Crippen LogP contribution < -0.4 is 0 Å². The van der Waals surface area contributed by atoms with Gasteiger partial charge in [0.1, 0.15) is 5.69 Å². The van der Waals surface area contributed by atoms with Crippen molar-refractivity contribution in [3.8, 4) is 0 Å². The third-order valence-electron chi connectivity index (χ3n) is 5.01. The molecule has 0 atom stereocenters. The van der Waals surface area contributed by atoms with Crippen LogP contribution in [0.2, 0.25) is 0 Å². The number of rotatable bonds is 2. The van der Waals surface area contributed by atoms with E-state index in [1.807, 2.05) is 34.8 Å². The molecule has 1 aromatic carbocycles. The number of amides is 1. The Morgan fingerprint density at radius 3 is 2.65 bits per heavy atom. The molecule has 1 saturated heterocycles. The maximum atomic E-state index is 12.6. The number of carbonyl (C=O) groups excluding carboxylic acids is 1.